The number of nitrogens with zero attached hydrogens (tertiary/aromatic N) is 3. The Balaban J connectivity index is 2.86. The van der Waals surface area contributed by atoms with E-state index in [0.29, 0.717) is 0 Å². The first-order valence-corrected chi connectivity index (χ1v) is 6.44. The third-order valence-electron chi connectivity index (χ3n) is 1.57. The van der Waals surface area contributed by atoms with Crippen LogP contribution in [0.3, 0.4) is 0 Å². The highest BCUT2D eigenvalue weighted by molar-refractivity contribution is 7.89. The smallest absolute Gasteiger partial charge is 0.247 e. The van der Waals surface area contributed by atoms with Crippen LogP contribution in [-0.2, 0) is 10.0 Å². The van der Waals surface area contributed by atoms with Crippen LogP contribution >= 0.6 is 0 Å². The Morgan fingerprint density at radius 2 is 2.06 bits per heavy atom. The third kappa shape index (κ3) is 5.44. The highest BCUT2D eigenvalue weighted by Gasteiger charge is 2.04. The molecule has 0 aliphatic carbocycles. The molecular weight excluding hydrogens is 240 g/mol. The predicted molar refractivity (Wildman–Crippen MR) is 65.1 cm³/mol. The molecule has 0 saturated carbocycles. The molecule has 6 nitrogen and oxygen atoms in total. The van der Waals surface area contributed by atoms with Gasteiger partial charge in [-0.3, -0.25) is 4.72 Å². The van der Waals surface area contributed by atoms with Crippen molar-refractivity contribution in [3.05, 3.63) is 35.9 Å². The lowest BCUT2D eigenvalue weighted by Gasteiger charge is -1.99. The number of hydrogen-bond donors (Lipinski definition) is 1. The number of guanidine groups is 1. The van der Waals surface area contributed by atoms with E-state index >= 15 is 0 Å². The number of aliphatic imine (C=N–C) groups is 2. The molecule has 1 rings (SSSR count). The van der Waals surface area contributed by atoms with Crippen molar-refractivity contribution in [3.8, 4) is 6.19 Å². The van der Waals surface area contributed by atoms with Crippen LogP contribution in [0.5, 0.6) is 0 Å². The van der Waals surface area contributed by atoms with Crippen molar-refractivity contribution < 1.29 is 8.42 Å². The lowest BCUT2D eigenvalue weighted by atomic mass is 10.2. The van der Waals surface area contributed by atoms with Crippen molar-refractivity contribution in [2.24, 2.45) is 9.98 Å². The van der Waals surface area contributed by atoms with Crippen molar-refractivity contribution in [1.29, 1.82) is 5.26 Å². The van der Waals surface area contributed by atoms with Crippen LogP contribution in [0.1, 0.15) is 5.56 Å². The van der Waals surface area contributed by atoms with E-state index in [4.69, 9.17) is 5.26 Å². The van der Waals surface area contributed by atoms with Gasteiger partial charge in [-0.05, 0) is 5.56 Å². The summed E-state index contributed by atoms with van der Waals surface area (Å²) in [7, 11) is -3.50. The molecule has 1 aromatic rings. The van der Waals surface area contributed by atoms with Crippen LogP contribution in [0.2, 0.25) is 0 Å². The zero-order chi connectivity index (χ0) is 12.7. The largest absolute Gasteiger partial charge is 0.251 e. The van der Waals surface area contributed by atoms with Gasteiger partial charge in [-0.2, -0.15) is 5.26 Å². The SMILES string of the molecule is CS(=O)(=O)NC(N=Cc1ccccc1)=NC#N. The van der Waals surface area contributed by atoms with E-state index in [1.54, 1.807) is 12.1 Å². The monoisotopic (exact) mass is 250 g/mol. The minimum absolute atomic E-state index is 0.265. The van der Waals surface area contributed by atoms with Gasteiger partial charge in [-0.25, -0.2) is 13.4 Å². The molecule has 0 bridgehead atoms. The van der Waals surface area contributed by atoms with E-state index in [1.165, 1.54) is 12.4 Å². The topological polar surface area (TPSA) is 94.7 Å². The highest BCUT2D eigenvalue weighted by Crippen LogP contribution is 1.94. The van der Waals surface area contributed by atoms with Crippen molar-refractivity contribution in [2.45, 2.75) is 0 Å². The maximum absolute atomic E-state index is 11.0. The van der Waals surface area contributed by atoms with Gasteiger partial charge in [-0.15, -0.1) is 4.99 Å². The predicted octanol–water partition coefficient (Wildman–Crippen LogP) is 0.492. The Kier molecular flexibility index (Phi) is 4.37. The quantitative estimate of drug-likeness (QED) is 0.470. The van der Waals surface area contributed by atoms with Crippen molar-refractivity contribution >= 4 is 22.2 Å². The Bertz CT molecular complexity index is 570. The molecule has 1 N–H and O–H groups in total. The normalized spacial score (nSPS) is 12.4. The Labute approximate surface area is 99.4 Å². The molecule has 1 aromatic carbocycles. The molecule has 0 spiro atoms. The van der Waals surface area contributed by atoms with E-state index in [0.717, 1.165) is 11.8 Å². The molecule has 0 aliphatic heterocycles. The van der Waals surface area contributed by atoms with Crippen LogP contribution in [-0.4, -0.2) is 26.8 Å². The van der Waals surface area contributed by atoms with Gasteiger partial charge >= 0.3 is 0 Å². The van der Waals surface area contributed by atoms with Crippen LogP contribution in [0, 0.1) is 11.5 Å². The molecular formula is C10H10N4O2S. The summed E-state index contributed by atoms with van der Waals surface area (Å²) in [4.78, 5) is 7.04. The van der Waals surface area contributed by atoms with Crippen molar-refractivity contribution in [3.63, 3.8) is 0 Å². The first-order chi connectivity index (χ1) is 8.01. The average molecular weight is 250 g/mol. The second kappa shape index (κ2) is 5.77. The summed E-state index contributed by atoms with van der Waals surface area (Å²) in [6.07, 6.45) is 3.84. The number of nitrogens with one attached hydrogen (secondary N) is 1. The number of nitriles is 1. The second-order valence-corrected chi connectivity index (χ2v) is 4.83. The van der Waals surface area contributed by atoms with Crippen molar-refractivity contribution in [2.75, 3.05) is 6.26 Å². The summed E-state index contributed by atoms with van der Waals surface area (Å²) in [6.45, 7) is 0. The number of benzene rings is 1. The van der Waals surface area contributed by atoms with Crippen LogP contribution in [0.25, 0.3) is 0 Å². The molecule has 0 fully saturated rings. The lowest BCUT2D eigenvalue weighted by Crippen LogP contribution is -2.28. The van der Waals surface area contributed by atoms with E-state index in [1.807, 2.05) is 22.9 Å². The standard InChI is InChI=1S/C10H10N4O2S/c1-17(15,16)14-10(13-8-11)12-7-9-5-3-2-4-6-9/h2-7H,1H3,(H,13,14). The minimum atomic E-state index is -3.50. The number of rotatable bonds is 2. The zero-order valence-electron chi connectivity index (χ0n) is 9.03. The van der Waals surface area contributed by atoms with Crippen LogP contribution in [0.4, 0.5) is 0 Å². The molecule has 0 radical (unpaired) electrons. The minimum Gasteiger partial charge on any atom is -0.251 e. The molecule has 0 atom stereocenters. The molecule has 0 aromatic heterocycles. The lowest BCUT2D eigenvalue weighted by molar-refractivity contribution is 0.598. The fourth-order valence-corrected chi connectivity index (χ4v) is 1.40. The van der Waals surface area contributed by atoms with Gasteiger partial charge in [0.25, 0.3) is 0 Å². The third-order valence-corrected chi connectivity index (χ3v) is 2.12. The fourth-order valence-electron chi connectivity index (χ4n) is 0.966. The summed E-state index contributed by atoms with van der Waals surface area (Å²) in [5.41, 5.74) is 0.772. The number of sulfonamides is 1. The first-order valence-electron chi connectivity index (χ1n) is 4.55. The molecule has 7 heteroatoms. The summed E-state index contributed by atoms with van der Waals surface area (Å²) in [5.74, 6) is -0.265. The Hall–Kier alpha value is -2.20. The van der Waals surface area contributed by atoms with Gasteiger partial charge < -0.3 is 0 Å². The molecule has 0 aliphatic rings. The molecule has 0 unspecified atom stereocenters. The number of hydrogen-bond acceptors (Lipinski definition) is 4. The summed E-state index contributed by atoms with van der Waals surface area (Å²) in [6, 6.07) is 9.04. The van der Waals surface area contributed by atoms with Crippen LogP contribution in [0.15, 0.2) is 40.3 Å². The van der Waals surface area contributed by atoms with E-state index < -0.39 is 10.0 Å². The average Bonchev–Trinajstić information content (AvgIpc) is 2.26. The van der Waals surface area contributed by atoms with Gasteiger partial charge in [-0.1, -0.05) is 30.3 Å². The molecule has 17 heavy (non-hydrogen) atoms. The summed E-state index contributed by atoms with van der Waals surface area (Å²) in [5, 5.41) is 8.38. The summed E-state index contributed by atoms with van der Waals surface area (Å²) >= 11 is 0. The van der Waals surface area contributed by atoms with E-state index in [9.17, 15) is 8.42 Å². The van der Waals surface area contributed by atoms with E-state index in [-0.39, 0.29) is 5.96 Å². The maximum Gasteiger partial charge on any atom is 0.247 e. The van der Waals surface area contributed by atoms with Gasteiger partial charge in [0.15, 0.2) is 0 Å². The Morgan fingerprint density at radius 3 is 2.59 bits per heavy atom. The van der Waals surface area contributed by atoms with Crippen LogP contribution < -0.4 is 4.72 Å². The first kappa shape index (κ1) is 12.9. The Morgan fingerprint density at radius 1 is 1.41 bits per heavy atom. The van der Waals surface area contributed by atoms with Gasteiger partial charge in [0, 0.05) is 6.21 Å². The molecule has 0 amide bonds. The maximum atomic E-state index is 11.0. The zero-order valence-corrected chi connectivity index (χ0v) is 9.85. The molecule has 0 heterocycles. The van der Waals surface area contributed by atoms with Gasteiger partial charge in [0.1, 0.15) is 0 Å². The molecule has 88 valence electrons. The van der Waals surface area contributed by atoms with Crippen molar-refractivity contribution in [1.82, 2.24) is 4.72 Å². The molecule has 0 saturated heterocycles. The second-order valence-electron chi connectivity index (χ2n) is 3.08. The summed E-state index contributed by atoms with van der Waals surface area (Å²) < 4.78 is 23.9. The highest BCUT2D eigenvalue weighted by atomic mass is 32.2. The van der Waals surface area contributed by atoms with Gasteiger partial charge in [0.05, 0.1) is 6.26 Å². The fraction of sp³-hybridized carbons (Fsp3) is 0.100. The van der Waals surface area contributed by atoms with E-state index in [2.05, 4.69) is 9.98 Å². The van der Waals surface area contributed by atoms with Gasteiger partial charge in [0.2, 0.25) is 22.2 Å².